The molecule has 0 aliphatic rings. The maximum Gasteiger partial charge on any atom is 0.244 e. The first-order valence-electron chi connectivity index (χ1n) is 8.06. The van der Waals surface area contributed by atoms with Crippen LogP contribution < -0.4 is 10.6 Å². The molecular formula is C19H16FN5O2. The van der Waals surface area contributed by atoms with Crippen molar-refractivity contribution < 1.29 is 14.0 Å². The molecule has 3 rings (SSSR count). The van der Waals surface area contributed by atoms with Crippen molar-refractivity contribution in [3.8, 4) is 5.69 Å². The van der Waals surface area contributed by atoms with E-state index in [-0.39, 0.29) is 18.3 Å². The number of hydrogen-bond acceptors (Lipinski definition) is 4. The van der Waals surface area contributed by atoms with Gasteiger partial charge in [-0.3, -0.25) is 9.59 Å². The number of anilines is 1. The van der Waals surface area contributed by atoms with Crippen molar-refractivity contribution in [3.63, 3.8) is 0 Å². The normalized spacial score (nSPS) is 10.7. The fraction of sp³-hybridized carbons (Fsp3) is 0.0526. The summed E-state index contributed by atoms with van der Waals surface area (Å²) in [5.74, 6) is -1.12. The van der Waals surface area contributed by atoms with Crippen molar-refractivity contribution in [2.24, 2.45) is 0 Å². The summed E-state index contributed by atoms with van der Waals surface area (Å²) in [7, 11) is 0. The van der Waals surface area contributed by atoms with Gasteiger partial charge in [0.1, 0.15) is 18.5 Å². The molecule has 136 valence electrons. The quantitative estimate of drug-likeness (QED) is 0.655. The Bertz CT molecular complexity index is 935. The molecule has 7 nitrogen and oxygen atoms in total. The van der Waals surface area contributed by atoms with Gasteiger partial charge < -0.3 is 10.6 Å². The van der Waals surface area contributed by atoms with Crippen LogP contribution in [0.15, 0.2) is 67.3 Å². The molecule has 1 aromatic heterocycles. The van der Waals surface area contributed by atoms with Crippen molar-refractivity contribution in [1.82, 2.24) is 20.1 Å². The SMILES string of the molecule is O=C(C=Cc1ccc(F)cc1)NCC(=O)Nc1ccc(-n2cncn2)cc1. The Balaban J connectivity index is 1.46. The lowest BCUT2D eigenvalue weighted by Crippen LogP contribution is -2.31. The van der Waals surface area contributed by atoms with Crippen molar-refractivity contribution >= 4 is 23.6 Å². The molecule has 0 atom stereocenters. The minimum atomic E-state index is -0.420. The standard InChI is InChI=1S/C19H16FN5O2/c20-15-4-1-14(2-5-15)3-10-18(26)22-11-19(27)24-16-6-8-17(9-7-16)25-13-21-12-23-25/h1-10,12-13H,11H2,(H,22,26)(H,24,27). The summed E-state index contributed by atoms with van der Waals surface area (Å²) in [4.78, 5) is 27.5. The molecule has 2 aromatic carbocycles. The maximum absolute atomic E-state index is 12.8. The number of amides is 2. The van der Waals surface area contributed by atoms with Gasteiger partial charge in [0.05, 0.1) is 12.2 Å². The van der Waals surface area contributed by atoms with Gasteiger partial charge in [0.15, 0.2) is 0 Å². The van der Waals surface area contributed by atoms with E-state index in [0.717, 1.165) is 5.69 Å². The molecule has 0 aliphatic carbocycles. The van der Waals surface area contributed by atoms with E-state index in [4.69, 9.17) is 0 Å². The van der Waals surface area contributed by atoms with Crippen LogP contribution in [0.2, 0.25) is 0 Å². The van der Waals surface area contributed by atoms with Crippen LogP contribution in [0.5, 0.6) is 0 Å². The molecule has 0 unspecified atom stereocenters. The summed E-state index contributed by atoms with van der Waals surface area (Å²) in [5.41, 5.74) is 2.09. The molecule has 2 amide bonds. The number of nitrogens with zero attached hydrogens (tertiary/aromatic N) is 3. The zero-order valence-electron chi connectivity index (χ0n) is 14.2. The second-order valence-corrected chi connectivity index (χ2v) is 5.54. The number of halogens is 1. The Morgan fingerprint density at radius 3 is 2.48 bits per heavy atom. The predicted octanol–water partition coefficient (Wildman–Crippen LogP) is 2.17. The van der Waals surface area contributed by atoms with E-state index in [1.807, 2.05) is 0 Å². The number of benzene rings is 2. The van der Waals surface area contributed by atoms with Crippen molar-refractivity contribution in [2.45, 2.75) is 0 Å². The van der Waals surface area contributed by atoms with Gasteiger partial charge in [-0.1, -0.05) is 12.1 Å². The van der Waals surface area contributed by atoms with E-state index in [9.17, 15) is 14.0 Å². The fourth-order valence-corrected chi connectivity index (χ4v) is 2.22. The summed E-state index contributed by atoms with van der Waals surface area (Å²) in [6.07, 6.45) is 5.83. The molecule has 0 fully saturated rings. The molecule has 1 heterocycles. The minimum Gasteiger partial charge on any atom is -0.343 e. The monoisotopic (exact) mass is 365 g/mol. The van der Waals surface area contributed by atoms with E-state index in [2.05, 4.69) is 20.7 Å². The largest absolute Gasteiger partial charge is 0.343 e. The Kier molecular flexibility index (Phi) is 5.68. The molecule has 0 aliphatic heterocycles. The smallest absolute Gasteiger partial charge is 0.244 e. The second kappa shape index (κ2) is 8.52. The van der Waals surface area contributed by atoms with Crippen molar-refractivity contribution in [2.75, 3.05) is 11.9 Å². The zero-order chi connectivity index (χ0) is 19.1. The zero-order valence-corrected chi connectivity index (χ0v) is 14.2. The van der Waals surface area contributed by atoms with Gasteiger partial charge in [0, 0.05) is 11.8 Å². The van der Waals surface area contributed by atoms with Crippen molar-refractivity contribution in [1.29, 1.82) is 0 Å². The Morgan fingerprint density at radius 2 is 1.81 bits per heavy atom. The summed E-state index contributed by atoms with van der Waals surface area (Å²) in [5, 5.41) is 9.18. The molecule has 2 N–H and O–H groups in total. The molecular weight excluding hydrogens is 349 g/mol. The first-order chi connectivity index (χ1) is 13.1. The molecule has 27 heavy (non-hydrogen) atoms. The molecule has 8 heteroatoms. The third-order valence-corrected chi connectivity index (χ3v) is 3.55. The first kappa shape index (κ1) is 18.0. The van der Waals surface area contributed by atoms with Crippen LogP contribution in [-0.4, -0.2) is 33.1 Å². The molecule has 0 saturated heterocycles. The fourth-order valence-electron chi connectivity index (χ4n) is 2.22. The molecule has 0 bridgehead atoms. The van der Waals surface area contributed by atoms with E-state index < -0.39 is 5.91 Å². The second-order valence-electron chi connectivity index (χ2n) is 5.54. The summed E-state index contributed by atoms with van der Waals surface area (Å²) < 4.78 is 14.4. The Labute approximate surface area is 154 Å². The summed E-state index contributed by atoms with van der Waals surface area (Å²) in [6, 6.07) is 12.7. The van der Waals surface area contributed by atoms with Crippen LogP contribution in [0.4, 0.5) is 10.1 Å². The van der Waals surface area contributed by atoms with Gasteiger partial charge in [-0.25, -0.2) is 14.1 Å². The third-order valence-electron chi connectivity index (χ3n) is 3.55. The number of carbonyl (C=O) groups excluding carboxylic acids is 2. The van der Waals surface area contributed by atoms with Gasteiger partial charge in [0.25, 0.3) is 0 Å². The highest BCUT2D eigenvalue weighted by molar-refractivity contribution is 5.98. The van der Waals surface area contributed by atoms with Gasteiger partial charge >= 0.3 is 0 Å². The van der Waals surface area contributed by atoms with Gasteiger partial charge in [-0.2, -0.15) is 5.10 Å². The van der Waals surface area contributed by atoms with Crippen LogP contribution in [0, 0.1) is 5.82 Å². The molecule has 0 spiro atoms. The van der Waals surface area contributed by atoms with E-state index in [1.54, 1.807) is 47.4 Å². The van der Waals surface area contributed by atoms with Crippen LogP contribution >= 0.6 is 0 Å². The Morgan fingerprint density at radius 1 is 1.07 bits per heavy atom. The molecule has 0 radical (unpaired) electrons. The highest BCUT2D eigenvalue weighted by Crippen LogP contribution is 2.12. The number of nitrogens with one attached hydrogen (secondary N) is 2. The maximum atomic E-state index is 12.8. The van der Waals surface area contributed by atoms with Crippen LogP contribution in [0.25, 0.3) is 11.8 Å². The average molecular weight is 365 g/mol. The number of aromatic nitrogens is 3. The summed E-state index contributed by atoms with van der Waals surface area (Å²) in [6.45, 7) is -0.169. The van der Waals surface area contributed by atoms with Crippen molar-refractivity contribution in [3.05, 3.63) is 78.6 Å². The third kappa shape index (κ3) is 5.33. The van der Waals surface area contributed by atoms with E-state index >= 15 is 0 Å². The van der Waals surface area contributed by atoms with Gasteiger partial charge in [-0.15, -0.1) is 0 Å². The lowest BCUT2D eigenvalue weighted by molar-refractivity contribution is -0.121. The average Bonchev–Trinajstić information content (AvgIpc) is 3.21. The summed E-state index contributed by atoms with van der Waals surface area (Å²) >= 11 is 0. The predicted molar refractivity (Wildman–Crippen MR) is 98.4 cm³/mol. The molecule has 3 aromatic rings. The number of hydrogen-bond donors (Lipinski definition) is 2. The highest BCUT2D eigenvalue weighted by atomic mass is 19.1. The first-order valence-corrected chi connectivity index (χ1v) is 8.06. The van der Waals surface area contributed by atoms with Gasteiger partial charge in [0.2, 0.25) is 11.8 Å². The number of carbonyl (C=O) groups is 2. The Hall–Kier alpha value is -3.81. The molecule has 0 saturated carbocycles. The van der Waals surface area contributed by atoms with Crippen LogP contribution in [0.1, 0.15) is 5.56 Å². The number of rotatable bonds is 6. The van der Waals surface area contributed by atoms with Crippen LogP contribution in [0.3, 0.4) is 0 Å². The lowest BCUT2D eigenvalue weighted by Gasteiger charge is -2.07. The van der Waals surface area contributed by atoms with E-state index in [1.165, 1.54) is 30.6 Å². The topological polar surface area (TPSA) is 88.9 Å². The highest BCUT2D eigenvalue weighted by Gasteiger charge is 2.05. The minimum absolute atomic E-state index is 0.169. The van der Waals surface area contributed by atoms with Gasteiger partial charge in [-0.05, 0) is 48.0 Å². The van der Waals surface area contributed by atoms with Crippen LogP contribution in [-0.2, 0) is 9.59 Å². The van der Waals surface area contributed by atoms with E-state index in [0.29, 0.717) is 11.3 Å². The lowest BCUT2D eigenvalue weighted by atomic mass is 10.2.